The van der Waals surface area contributed by atoms with Crippen molar-refractivity contribution < 1.29 is 4.79 Å². The molecule has 24 heavy (non-hydrogen) atoms. The summed E-state index contributed by atoms with van der Waals surface area (Å²) in [6.07, 6.45) is 5.10. The van der Waals surface area contributed by atoms with E-state index in [9.17, 15) is 4.79 Å². The highest BCUT2D eigenvalue weighted by atomic mass is 32.2. The Morgan fingerprint density at radius 1 is 0.917 bits per heavy atom. The van der Waals surface area contributed by atoms with E-state index in [1.54, 1.807) is 0 Å². The summed E-state index contributed by atoms with van der Waals surface area (Å²) in [5.41, 5.74) is 2.46. The van der Waals surface area contributed by atoms with E-state index >= 15 is 0 Å². The third kappa shape index (κ3) is 5.00. The van der Waals surface area contributed by atoms with Crippen LogP contribution in [0.2, 0.25) is 0 Å². The van der Waals surface area contributed by atoms with E-state index in [-0.39, 0.29) is 5.91 Å². The lowest BCUT2D eigenvalue weighted by molar-refractivity contribution is -0.120. The molecule has 2 nitrogen and oxygen atoms in total. The zero-order chi connectivity index (χ0) is 16.6. The molecule has 0 heterocycles. The first-order valence-corrected chi connectivity index (χ1v) is 9.37. The molecule has 3 heteroatoms. The second-order valence-corrected chi connectivity index (χ2v) is 7.26. The fraction of sp³-hybridized carbons (Fsp3) is 0.286. The fourth-order valence-corrected chi connectivity index (χ4v) is 4.08. The van der Waals surface area contributed by atoms with Crippen LogP contribution in [0.4, 0.5) is 0 Å². The molecule has 0 atom stereocenters. The molecule has 0 saturated carbocycles. The number of benzene rings is 2. The summed E-state index contributed by atoms with van der Waals surface area (Å²) in [4.78, 5) is 15.0. The lowest BCUT2D eigenvalue weighted by Gasteiger charge is -2.20. The predicted molar refractivity (Wildman–Crippen MR) is 101 cm³/mol. The van der Waals surface area contributed by atoms with E-state index < -0.39 is 0 Å². The minimum atomic E-state index is 0.127. The SMILES string of the molecule is O=C(CC1=C(Sc2ccccc2)CCCC1)NCc1ccccc1. The number of allylic oxidation sites excluding steroid dienone is 1. The second kappa shape index (κ2) is 8.74. The molecule has 0 fully saturated rings. The summed E-state index contributed by atoms with van der Waals surface area (Å²) in [5, 5.41) is 3.05. The largest absolute Gasteiger partial charge is 0.352 e. The van der Waals surface area contributed by atoms with Crippen molar-refractivity contribution in [1.29, 1.82) is 0 Å². The number of hydrogen-bond acceptors (Lipinski definition) is 2. The molecule has 1 N–H and O–H groups in total. The molecule has 0 aromatic heterocycles. The van der Waals surface area contributed by atoms with E-state index in [0.29, 0.717) is 13.0 Å². The lowest BCUT2D eigenvalue weighted by atomic mass is 9.96. The van der Waals surface area contributed by atoms with Crippen molar-refractivity contribution in [2.24, 2.45) is 0 Å². The summed E-state index contributed by atoms with van der Waals surface area (Å²) < 4.78 is 0. The standard InChI is InChI=1S/C21H23NOS/c23-21(22-16-17-9-3-1-4-10-17)15-18-11-7-8-14-20(18)24-19-12-5-2-6-13-19/h1-6,9-10,12-13H,7-8,11,14-16H2,(H,22,23). The number of nitrogens with one attached hydrogen (secondary N) is 1. The van der Waals surface area contributed by atoms with Crippen LogP contribution in [-0.2, 0) is 11.3 Å². The van der Waals surface area contributed by atoms with Gasteiger partial charge >= 0.3 is 0 Å². The Balaban J connectivity index is 1.61. The van der Waals surface area contributed by atoms with Crippen LogP contribution in [-0.4, -0.2) is 5.91 Å². The van der Waals surface area contributed by atoms with Gasteiger partial charge in [0.15, 0.2) is 0 Å². The Morgan fingerprint density at radius 3 is 2.33 bits per heavy atom. The molecule has 2 aromatic rings. The molecule has 2 aromatic carbocycles. The average Bonchev–Trinajstić information content (AvgIpc) is 2.63. The Labute approximate surface area is 148 Å². The minimum absolute atomic E-state index is 0.127. The van der Waals surface area contributed by atoms with E-state index in [1.165, 1.54) is 28.2 Å². The summed E-state index contributed by atoms with van der Waals surface area (Å²) in [6, 6.07) is 20.5. The molecule has 1 aliphatic rings. The van der Waals surface area contributed by atoms with Crippen molar-refractivity contribution in [3.63, 3.8) is 0 Å². The van der Waals surface area contributed by atoms with Crippen molar-refractivity contribution in [3.8, 4) is 0 Å². The minimum Gasteiger partial charge on any atom is -0.352 e. The van der Waals surface area contributed by atoms with E-state index in [2.05, 4.69) is 29.6 Å². The highest BCUT2D eigenvalue weighted by molar-refractivity contribution is 8.03. The third-order valence-electron chi connectivity index (χ3n) is 4.22. The number of carbonyl (C=O) groups excluding carboxylic acids is 1. The molecule has 0 aliphatic heterocycles. The maximum atomic E-state index is 12.3. The second-order valence-electron chi connectivity index (χ2n) is 6.09. The van der Waals surface area contributed by atoms with E-state index in [4.69, 9.17) is 0 Å². The zero-order valence-corrected chi connectivity index (χ0v) is 14.6. The maximum absolute atomic E-state index is 12.3. The molecule has 1 amide bonds. The number of amides is 1. The predicted octanol–water partition coefficient (Wildman–Crippen LogP) is 5.31. The highest BCUT2D eigenvalue weighted by Gasteiger charge is 2.16. The van der Waals surface area contributed by atoms with Crippen LogP contribution in [0.25, 0.3) is 0 Å². The van der Waals surface area contributed by atoms with Crippen LogP contribution < -0.4 is 5.32 Å². The summed E-state index contributed by atoms with van der Waals surface area (Å²) in [6.45, 7) is 0.605. The van der Waals surface area contributed by atoms with Gasteiger partial charge in [0.2, 0.25) is 5.91 Å². The Hall–Kier alpha value is -2.00. The van der Waals surface area contributed by atoms with Gasteiger partial charge in [0.25, 0.3) is 0 Å². The Bertz CT molecular complexity index is 694. The first-order chi connectivity index (χ1) is 11.8. The van der Waals surface area contributed by atoms with Gasteiger partial charge < -0.3 is 5.32 Å². The summed E-state index contributed by atoms with van der Waals surface area (Å²) >= 11 is 1.83. The van der Waals surface area contributed by atoms with E-state index in [0.717, 1.165) is 18.4 Å². The number of carbonyl (C=O) groups is 1. The summed E-state index contributed by atoms with van der Waals surface area (Å²) in [7, 11) is 0. The molecule has 0 unspecified atom stereocenters. The van der Waals surface area contributed by atoms with Gasteiger partial charge in [0.05, 0.1) is 0 Å². The van der Waals surface area contributed by atoms with Crippen LogP contribution in [0.15, 0.2) is 76.0 Å². The van der Waals surface area contributed by atoms with Crippen molar-refractivity contribution in [1.82, 2.24) is 5.32 Å². The normalized spacial score (nSPS) is 14.5. The van der Waals surface area contributed by atoms with Crippen LogP contribution in [0.5, 0.6) is 0 Å². The van der Waals surface area contributed by atoms with Crippen molar-refractivity contribution >= 4 is 17.7 Å². The zero-order valence-electron chi connectivity index (χ0n) is 13.8. The molecule has 3 rings (SSSR count). The van der Waals surface area contributed by atoms with Gasteiger partial charge in [-0.15, -0.1) is 0 Å². The summed E-state index contributed by atoms with van der Waals surface area (Å²) in [5.74, 6) is 0.127. The fourth-order valence-electron chi connectivity index (χ4n) is 2.93. The van der Waals surface area contributed by atoms with Gasteiger partial charge in [0, 0.05) is 17.9 Å². The average molecular weight is 337 g/mol. The smallest absolute Gasteiger partial charge is 0.224 e. The lowest BCUT2D eigenvalue weighted by Crippen LogP contribution is -2.23. The van der Waals surface area contributed by atoms with Crippen LogP contribution in [0.1, 0.15) is 37.7 Å². The van der Waals surface area contributed by atoms with E-state index in [1.807, 2.05) is 48.2 Å². The first kappa shape index (κ1) is 16.8. The van der Waals surface area contributed by atoms with Gasteiger partial charge in [-0.2, -0.15) is 0 Å². The molecular formula is C21H23NOS. The van der Waals surface area contributed by atoms with Crippen molar-refractivity contribution in [2.75, 3.05) is 0 Å². The molecule has 1 aliphatic carbocycles. The Kier molecular flexibility index (Phi) is 6.13. The van der Waals surface area contributed by atoms with Crippen LogP contribution >= 0.6 is 11.8 Å². The molecule has 0 spiro atoms. The monoisotopic (exact) mass is 337 g/mol. The van der Waals surface area contributed by atoms with Crippen molar-refractivity contribution in [2.45, 2.75) is 43.5 Å². The van der Waals surface area contributed by atoms with Gasteiger partial charge in [-0.1, -0.05) is 65.9 Å². The Morgan fingerprint density at radius 2 is 1.58 bits per heavy atom. The van der Waals surface area contributed by atoms with Crippen LogP contribution in [0, 0.1) is 0 Å². The third-order valence-corrected chi connectivity index (χ3v) is 5.46. The van der Waals surface area contributed by atoms with Crippen molar-refractivity contribution in [3.05, 3.63) is 76.7 Å². The maximum Gasteiger partial charge on any atom is 0.224 e. The number of thioether (sulfide) groups is 1. The van der Waals surface area contributed by atoms with Gasteiger partial charge in [0.1, 0.15) is 0 Å². The topological polar surface area (TPSA) is 29.1 Å². The van der Waals surface area contributed by atoms with Gasteiger partial charge in [-0.25, -0.2) is 0 Å². The molecule has 0 radical (unpaired) electrons. The molecule has 0 bridgehead atoms. The van der Waals surface area contributed by atoms with Gasteiger partial charge in [-0.3, -0.25) is 4.79 Å². The quantitative estimate of drug-likeness (QED) is 0.773. The molecule has 124 valence electrons. The number of hydrogen-bond donors (Lipinski definition) is 1. The molecule has 0 saturated heterocycles. The van der Waals surface area contributed by atoms with Gasteiger partial charge in [-0.05, 0) is 48.3 Å². The number of rotatable bonds is 6. The van der Waals surface area contributed by atoms with Crippen LogP contribution in [0.3, 0.4) is 0 Å². The highest BCUT2D eigenvalue weighted by Crippen LogP contribution is 2.38. The molecular weight excluding hydrogens is 314 g/mol. The first-order valence-electron chi connectivity index (χ1n) is 8.56.